The predicted octanol–water partition coefficient (Wildman–Crippen LogP) is 0.424. The molecule has 0 radical (unpaired) electrons. The van der Waals surface area contributed by atoms with Crippen molar-refractivity contribution >= 4 is 5.97 Å². The van der Waals surface area contributed by atoms with E-state index in [0.29, 0.717) is 0 Å². The molecule has 1 rings (SSSR count). The lowest BCUT2D eigenvalue weighted by Crippen LogP contribution is -2.07. The Morgan fingerprint density at radius 2 is 2.18 bits per heavy atom. The maximum atomic E-state index is 11.0. The highest BCUT2D eigenvalue weighted by Crippen LogP contribution is 2.58. The summed E-state index contributed by atoms with van der Waals surface area (Å²) in [4.78, 5) is 11.0. The second kappa shape index (κ2) is 2.48. The number of hydrogen-bond acceptors (Lipinski definition) is 3. The lowest BCUT2D eigenvalue weighted by atomic mass is 10.1. The molecule has 0 aromatic rings. The molecule has 11 heavy (non-hydrogen) atoms. The maximum absolute atomic E-state index is 11.0. The van der Waals surface area contributed by atoms with Crippen LogP contribution in [0.15, 0.2) is 0 Å². The molecule has 0 aromatic carbocycles. The first-order chi connectivity index (χ1) is 5.05. The zero-order valence-corrected chi connectivity index (χ0v) is 7.13. The average Bonchev–Trinajstić information content (AvgIpc) is 2.51. The number of esters is 1. The van der Waals surface area contributed by atoms with Crippen molar-refractivity contribution in [2.45, 2.75) is 13.8 Å². The van der Waals surface area contributed by atoms with Gasteiger partial charge >= 0.3 is 5.97 Å². The Morgan fingerprint density at radius 3 is 2.45 bits per heavy atom. The van der Waals surface area contributed by atoms with Crippen molar-refractivity contribution in [3.63, 3.8) is 0 Å². The number of aliphatic hydroxyl groups excluding tert-OH is 1. The number of carbonyl (C=O) groups is 1. The van der Waals surface area contributed by atoms with Gasteiger partial charge in [0.25, 0.3) is 0 Å². The van der Waals surface area contributed by atoms with Gasteiger partial charge in [-0.3, -0.25) is 4.79 Å². The second-order valence-corrected chi connectivity index (χ2v) is 3.61. The fraction of sp³-hybridized carbons (Fsp3) is 0.875. The first-order valence-electron chi connectivity index (χ1n) is 3.74. The molecule has 1 aliphatic carbocycles. The minimum absolute atomic E-state index is 0.0676. The summed E-state index contributed by atoms with van der Waals surface area (Å²) < 4.78 is 4.59. The van der Waals surface area contributed by atoms with Gasteiger partial charge in [-0.05, 0) is 5.41 Å². The summed E-state index contributed by atoms with van der Waals surface area (Å²) in [5.74, 6) is -0.207. The molecule has 1 saturated carbocycles. The Bertz CT molecular complexity index is 174. The Kier molecular flexibility index (Phi) is 1.92. The molecule has 0 heterocycles. The molecule has 0 saturated heterocycles. The van der Waals surface area contributed by atoms with Crippen molar-refractivity contribution in [1.82, 2.24) is 0 Å². The first-order valence-corrected chi connectivity index (χ1v) is 3.74. The summed E-state index contributed by atoms with van der Waals surface area (Å²) in [5.41, 5.74) is -0.0676. The smallest absolute Gasteiger partial charge is 0.309 e. The lowest BCUT2D eigenvalue weighted by molar-refractivity contribution is -0.143. The summed E-state index contributed by atoms with van der Waals surface area (Å²) in [6.45, 7) is 4.01. The van der Waals surface area contributed by atoms with E-state index in [-0.39, 0.29) is 29.8 Å². The van der Waals surface area contributed by atoms with Crippen LogP contribution in [0.4, 0.5) is 0 Å². The largest absolute Gasteiger partial charge is 0.469 e. The van der Waals surface area contributed by atoms with E-state index in [2.05, 4.69) is 4.74 Å². The predicted molar refractivity (Wildman–Crippen MR) is 39.9 cm³/mol. The van der Waals surface area contributed by atoms with Crippen LogP contribution < -0.4 is 0 Å². The normalized spacial score (nSPS) is 33.1. The summed E-state index contributed by atoms with van der Waals surface area (Å²) in [7, 11) is 1.38. The topological polar surface area (TPSA) is 46.5 Å². The second-order valence-electron chi connectivity index (χ2n) is 3.61. The third-order valence-corrected chi connectivity index (χ3v) is 2.70. The molecular formula is C8H14O3. The minimum Gasteiger partial charge on any atom is -0.469 e. The Balaban J connectivity index is 2.58. The molecule has 1 fully saturated rings. The molecule has 64 valence electrons. The van der Waals surface area contributed by atoms with Crippen molar-refractivity contribution in [1.29, 1.82) is 0 Å². The molecule has 2 atom stereocenters. The van der Waals surface area contributed by atoms with Crippen molar-refractivity contribution in [3.05, 3.63) is 0 Å². The van der Waals surface area contributed by atoms with Gasteiger partial charge in [-0.1, -0.05) is 13.8 Å². The molecule has 3 heteroatoms. The van der Waals surface area contributed by atoms with Crippen LogP contribution in [-0.4, -0.2) is 24.8 Å². The van der Waals surface area contributed by atoms with E-state index < -0.39 is 0 Å². The van der Waals surface area contributed by atoms with Crippen molar-refractivity contribution in [2.24, 2.45) is 17.3 Å². The van der Waals surface area contributed by atoms with E-state index in [1.807, 2.05) is 13.8 Å². The minimum atomic E-state index is -0.200. The molecule has 0 amide bonds. The quantitative estimate of drug-likeness (QED) is 0.592. The van der Waals surface area contributed by atoms with Crippen LogP contribution in [0, 0.1) is 17.3 Å². The number of carbonyl (C=O) groups excluding carboxylic acids is 1. The monoisotopic (exact) mass is 158 g/mol. The molecule has 0 aliphatic heterocycles. The van der Waals surface area contributed by atoms with Crippen LogP contribution >= 0.6 is 0 Å². The summed E-state index contributed by atoms with van der Waals surface area (Å²) in [6.07, 6.45) is 0. The molecule has 0 spiro atoms. The summed E-state index contributed by atoms with van der Waals surface area (Å²) in [5, 5.41) is 8.85. The molecule has 3 nitrogen and oxygen atoms in total. The van der Waals surface area contributed by atoms with Crippen LogP contribution in [0.25, 0.3) is 0 Å². The Hall–Kier alpha value is -0.570. The number of rotatable bonds is 2. The van der Waals surface area contributed by atoms with Crippen LogP contribution in [-0.2, 0) is 9.53 Å². The van der Waals surface area contributed by atoms with Gasteiger partial charge in [0.1, 0.15) is 0 Å². The highest BCUT2D eigenvalue weighted by atomic mass is 16.5. The van der Waals surface area contributed by atoms with Crippen LogP contribution in [0.1, 0.15) is 13.8 Å². The Labute approximate surface area is 66.4 Å². The molecule has 0 bridgehead atoms. The van der Waals surface area contributed by atoms with Gasteiger partial charge in [-0.2, -0.15) is 0 Å². The highest BCUT2D eigenvalue weighted by molar-refractivity contribution is 5.77. The van der Waals surface area contributed by atoms with Gasteiger partial charge in [0.15, 0.2) is 0 Å². The summed E-state index contributed by atoms with van der Waals surface area (Å²) in [6, 6.07) is 0. The SMILES string of the molecule is COC(=O)[C@H]1[C@H](CO)C1(C)C. The third-order valence-electron chi connectivity index (χ3n) is 2.70. The lowest BCUT2D eigenvalue weighted by Gasteiger charge is -1.99. The van der Waals surface area contributed by atoms with Crippen LogP contribution in [0.5, 0.6) is 0 Å². The average molecular weight is 158 g/mol. The molecular weight excluding hydrogens is 144 g/mol. The van der Waals surface area contributed by atoms with E-state index in [4.69, 9.17) is 5.11 Å². The zero-order valence-electron chi connectivity index (χ0n) is 7.13. The van der Waals surface area contributed by atoms with Gasteiger partial charge in [0, 0.05) is 12.5 Å². The number of methoxy groups -OCH3 is 1. The summed E-state index contributed by atoms with van der Waals surface area (Å²) >= 11 is 0. The van der Waals surface area contributed by atoms with Gasteiger partial charge < -0.3 is 9.84 Å². The first kappa shape index (κ1) is 8.53. The van der Waals surface area contributed by atoms with Crippen molar-refractivity contribution in [3.8, 4) is 0 Å². The van der Waals surface area contributed by atoms with Gasteiger partial charge in [-0.25, -0.2) is 0 Å². The van der Waals surface area contributed by atoms with Gasteiger partial charge in [0.2, 0.25) is 0 Å². The van der Waals surface area contributed by atoms with Crippen LogP contribution in [0.3, 0.4) is 0 Å². The van der Waals surface area contributed by atoms with Crippen molar-refractivity contribution < 1.29 is 14.6 Å². The highest BCUT2D eigenvalue weighted by Gasteiger charge is 2.62. The molecule has 1 N–H and O–H groups in total. The van der Waals surface area contributed by atoms with E-state index in [1.54, 1.807) is 0 Å². The molecule has 0 aromatic heterocycles. The Morgan fingerprint density at radius 1 is 1.64 bits per heavy atom. The molecule has 0 unspecified atom stereocenters. The zero-order chi connectivity index (χ0) is 8.65. The fourth-order valence-corrected chi connectivity index (χ4v) is 1.68. The molecule has 1 aliphatic rings. The van der Waals surface area contributed by atoms with Gasteiger partial charge in [-0.15, -0.1) is 0 Å². The number of ether oxygens (including phenoxy) is 1. The maximum Gasteiger partial charge on any atom is 0.309 e. The fourth-order valence-electron chi connectivity index (χ4n) is 1.68. The number of aliphatic hydroxyl groups is 1. The standard InChI is InChI=1S/C8H14O3/c1-8(2)5(4-9)6(8)7(10)11-3/h5-6,9H,4H2,1-3H3/t5-,6+/m0/s1. The van der Waals surface area contributed by atoms with Crippen molar-refractivity contribution in [2.75, 3.05) is 13.7 Å². The van der Waals surface area contributed by atoms with E-state index in [0.717, 1.165) is 0 Å². The van der Waals surface area contributed by atoms with E-state index in [1.165, 1.54) is 7.11 Å². The van der Waals surface area contributed by atoms with Crippen LogP contribution in [0.2, 0.25) is 0 Å². The third kappa shape index (κ3) is 1.13. The number of hydrogen-bond donors (Lipinski definition) is 1. The van der Waals surface area contributed by atoms with Gasteiger partial charge in [0.05, 0.1) is 13.0 Å². The van der Waals surface area contributed by atoms with E-state index in [9.17, 15) is 4.79 Å². The van der Waals surface area contributed by atoms with E-state index >= 15 is 0 Å².